The molecule has 8 heteroatoms. The number of rotatable bonds is 3. The van der Waals surface area contributed by atoms with E-state index < -0.39 is 36.4 Å². The fourth-order valence-corrected chi connectivity index (χ4v) is 2.44. The minimum Gasteiger partial charge on any atom is -0.480 e. The molecule has 2 atom stereocenters. The van der Waals surface area contributed by atoms with Crippen LogP contribution in [0.1, 0.15) is 13.3 Å². The predicted octanol–water partition coefficient (Wildman–Crippen LogP) is -1.14. The van der Waals surface area contributed by atoms with Crippen LogP contribution in [0.2, 0.25) is 0 Å². The molecular weight excluding hydrogens is 254 g/mol. The van der Waals surface area contributed by atoms with E-state index >= 15 is 0 Å². The molecule has 8 nitrogen and oxygen atoms in total. The van der Waals surface area contributed by atoms with Gasteiger partial charge in [-0.05, 0) is 12.3 Å². The average Bonchev–Trinajstić information content (AvgIpc) is 2.86. The molecular formula is C11H15N3O5. The minimum absolute atomic E-state index is 0.120. The lowest BCUT2D eigenvalue weighted by Gasteiger charge is -2.24. The van der Waals surface area contributed by atoms with Gasteiger partial charge in [-0.25, -0.2) is 9.59 Å². The van der Waals surface area contributed by atoms with E-state index in [4.69, 9.17) is 5.11 Å². The maximum atomic E-state index is 12.0. The second-order valence-corrected chi connectivity index (χ2v) is 4.77. The van der Waals surface area contributed by atoms with Crippen molar-refractivity contribution in [2.75, 3.05) is 19.6 Å². The Morgan fingerprint density at radius 2 is 2.11 bits per heavy atom. The zero-order valence-electron chi connectivity index (χ0n) is 10.5. The number of likely N-dealkylation sites (tertiary alicyclic amines) is 1. The van der Waals surface area contributed by atoms with Crippen molar-refractivity contribution in [1.29, 1.82) is 0 Å². The van der Waals surface area contributed by atoms with Gasteiger partial charge in [-0.2, -0.15) is 0 Å². The number of urea groups is 1. The van der Waals surface area contributed by atoms with Crippen LogP contribution in [0.15, 0.2) is 0 Å². The monoisotopic (exact) mass is 269 g/mol. The molecule has 2 saturated heterocycles. The van der Waals surface area contributed by atoms with Gasteiger partial charge in [0.1, 0.15) is 12.6 Å². The number of nitrogens with one attached hydrogen (secondary N) is 1. The highest BCUT2D eigenvalue weighted by Crippen LogP contribution is 2.24. The van der Waals surface area contributed by atoms with Gasteiger partial charge in [-0.15, -0.1) is 0 Å². The molecule has 0 saturated carbocycles. The predicted molar refractivity (Wildman–Crippen MR) is 62.0 cm³/mol. The lowest BCUT2D eigenvalue weighted by atomic mass is 10.0. The Hall–Kier alpha value is -2.12. The van der Waals surface area contributed by atoms with Gasteiger partial charge in [-0.3, -0.25) is 14.5 Å². The maximum Gasteiger partial charge on any atom is 0.326 e. The summed E-state index contributed by atoms with van der Waals surface area (Å²) in [6.07, 6.45) is 0.600. The first-order valence-corrected chi connectivity index (χ1v) is 6.02. The van der Waals surface area contributed by atoms with Crippen molar-refractivity contribution >= 4 is 23.8 Å². The number of hydrogen-bond acceptors (Lipinski definition) is 4. The molecule has 2 heterocycles. The second-order valence-electron chi connectivity index (χ2n) is 4.77. The third kappa shape index (κ3) is 2.38. The number of aliphatic carboxylic acids is 1. The first kappa shape index (κ1) is 13.3. The van der Waals surface area contributed by atoms with Crippen LogP contribution in [-0.2, 0) is 14.4 Å². The molecule has 0 spiro atoms. The number of carbonyl (C=O) groups is 4. The quantitative estimate of drug-likeness (QED) is 0.630. The molecule has 0 aromatic carbocycles. The SMILES string of the molecule is CC1CCN(C(=O)CN2C(=O)CNC2=O)C1C(=O)O. The van der Waals surface area contributed by atoms with E-state index in [0.717, 1.165) is 4.90 Å². The molecule has 19 heavy (non-hydrogen) atoms. The molecule has 2 unspecified atom stereocenters. The summed E-state index contributed by atoms with van der Waals surface area (Å²) in [7, 11) is 0. The van der Waals surface area contributed by atoms with Crippen molar-refractivity contribution in [2.45, 2.75) is 19.4 Å². The van der Waals surface area contributed by atoms with E-state index in [-0.39, 0.29) is 12.5 Å². The number of hydrogen-bond donors (Lipinski definition) is 2. The van der Waals surface area contributed by atoms with E-state index in [1.54, 1.807) is 6.92 Å². The van der Waals surface area contributed by atoms with Gasteiger partial charge < -0.3 is 15.3 Å². The van der Waals surface area contributed by atoms with E-state index in [2.05, 4.69) is 5.32 Å². The lowest BCUT2D eigenvalue weighted by molar-refractivity contribution is -0.150. The lowest BCUT2D eigenvalue weighted by Crippen LogP contribution is -2.48. The van der Waals surface area contributed by atoms with Crippen LogP contribution >= 0.6 is 0 Å². The second kappa shape index (κ2) is 4.87. The van der Waals surface area contributed by atoms with Crippen molar-refractivity contribution in [1.82, 2.24) is 15.1 Å². The Balaban J connectivity index is 2.05. The summed E-state index contributed by atoms with van der Waals surface area (Å²) in [5.41, 5.74) is 0. The molecule has 2 aliphatic heterocycles. The average molecular weight is 269 g/mol. The van der Waals surface area contributed by atoms with Crippen LogP contribution < -0.4 is 5.32 Å². The summed E-state index contributed by atoms with van der Waals surface area (Å²) in [4.78, 5) is 47.9. The molecule has 0 aliphatic carbocycles. The number of carbonyl (C=O) groups excluding carboxylic acids is 3. The van der Waals surface area contributed by atoms with Gasteiger partial charge in [0.2, 0.25) is 5.91 Å². The third-order valence-corrected chi connectivity index (χ3v) is 3.50. The molecule has 0 radical (unpaired) electrons. The summed E-state index contributed by atoms with van der Waals surface area (Å²) in [6, 6.07) is -1.49. The number of nitrogens with zero attached hydrogens (tertiary/aromatic N) is 2. The number of carboxylic acids is 1. The smallest absolute Gasteiger partial charge is 0.326 e. The number of amides is 4. The number of carboxylic acid groups (broad SMARTS) is 1. The Morgan fingerprint density at radius 3 is 2.63 bits per heavy atom. The summed E-state index contributed by atoms with van der Waals surface area (Å²) in [5.74, 6) is -2.18. The Bertz CT molecular complexity index is 434. The van der Waals surface area contributed by atoms with Crippen LogP contribution in [0, 0.1) is 5.92 Å². The fourth-order valence-electron chi connectivity index (χ4n) is 2.44. The summed E-state index contributed by atoms with van der Waals surface area (Å²) in [6.45, 7) is 1.58. The number of imide groups is 1. The highest BCUT2D eigenvalue weighted by Gasteiger charge is 2.41. The van der Waals surface area contributed by atoms with Crippen LogP contribution in [0.3, 0.4) is 0 Å². The normalized spacial score (nSPS) is 26.8. The largest absolute Gasteiger partial charge is 0.480 e. The zero-order chi connectivity index (χ0) is 14.2. The highest BCUT2D eigenvalue weighted by atomic mass is 16.4. The molecule has 0 bridgehead atoms. The topological polar surface area (TPSA) is 107 Å². The van der Waals surface area contributed by atoms with Gasteiger partial charge in [-0.1, -0.05) is 6.92 Å². The molecule has 0 aromatic heterocycles. The molecule has 104 valence electrons. The van der Waals surface area contributed by atoms with Crippen molar-refractivity contribution in [2.24, 2.45) is 5.92 Å². The van der Waals surface area contributed by atoms with Crippen molar-refractivity contribution in [3.05, 3.63) is 0 Å². The van der Waals surface area contributed by atoms with E-state index in [1.165, 1.54) is 4.90 Å². The maximum absolute atomic E-state index is 12.0. The van der Waals surface area contributed by atoms with Gasteiger partial charge >= 0.3 is 12.0 Å². The summed E-state index contributed by atoms with van der Waals surface area (Å²) < 4.78 is 0. The standard InChI is InChI=1S/C11H15N3O5/c1-6-2-3-13(9(6)10(17)18)8(16)5-14-7(15)4-12-11(14)19/h6,9H,2-5H2,1H3,(H,12,19)(H,17,18). The molecule has 2 fully saturated rings. The van der Waals surface area contributed by atoms with E-state index in [0.29, 0.717) is 13.0 Å². The Morgan fingerprint density at radius 1 is 1.42 bits per heavy atom. The van der Waals surface area contributed by atoms with Crippen molar-refractivity contribution in [3.63, 3.8) is 0 Å². The van der Waals surface area contributed by atoms with E-state index in [1.807, 2.05) is 0 Å². The molecule has 2 N–H and O–H groups in total. The van der Waals surface area contributed by atoms with Gasteiger partial charge in [0.25, 0.3) is 5.91 Å². The van der Waals surface area contributed by atoms with Crippen LogP contribution in [-0.4, -0.2) is 64.4 Å². The van der Waals surface area contributed by atoms with Gasteiger partial charge in [0.05, 0.1) is 6.54 Å². The van der Waals surface area contributed by atoms with Crippen LogP contribution in [0.5, 0.6) is 0 Å². The first-order chi connectivity index (χ1) is 8.91. The molecule has 0 aromatic rings. The molecule has 2 aliphatic rings. The van der Waals surface area contributed by atoms with Crippen LogP contribution in [0.25, 0.3) is 0 Å². The highest BCUT2D eigenvalue weighted by molar-refractivity contribution is 6.04. The van der Waals surface area contributed by atoms with Crippen molar-refractivity contribution < 1.29 is 24.3 Å². The molecule has 2 rings (SSSR count). The Labute approximate surface area is 109 Å². The Kier molecular flexibility index (Phi) is 3.41. The molecule has 4 amide bonds. The minimum atomic E-state index is -1.06. The van der Waals surface area contributed by atoms with Crippen LogP contribution in [0.4, 0.5) is 4.79 Å². The first-order valence-electron chi connectivity index (χ1n) is 6.02. The van der Waals surface area contributed by atoms with E-state index in [9.17, 15) is 19.2 Å². The van der Waals surface area contributed by atoms with Gasteiger partial charge in [0.15, 0.2) is 0 Å². The fraction of sp³-hybridized carbons (Fsp3) is 0.636. The van der Waals surface area contributed by atoms with Gasteiger partial charge in [0, 0.05) is 6.54 Å². The van der Waals surface area contributed by atoms with Crippen molar-refractivity contribution in [3.8, 4) is 0 Å². The third-order valence-electron chi connectivity index (χ3n) is 3.50. The summed E-state index contributed by atoms with van der Waals surface area (Å²) >= 11 is 0. The zero-order valence-corrected chi connectivity index (χ0v) is 10.5. The summed E-state index contributed by atoms with van der Waals surface area (Å²) in [5, 5.41) is 11.4.